The standard InChI is InChI=1S/C20H22N2O6S/c1-26-20-17(27-9-11-5-3-2-4-6-11)15(16(24)13(8-23)28-20)14-7-12-18(25)21-10-22-19(12)29-14/h2-7,10,13,15-17,20,23-24H,8-9H2,1H3,(H,21,22,25)/t13-,15-,16-,17+,20+/m1/s1. The molecular weight excluding hydrogens is 396 g/mol. The summed E-state index contributed by atoms with van der Waals surface area (Å²) < 4.78 is 17.3. The van der Waals surface area contributed by atoms with Gasteiger partial charge in [-0.25, -0.2) is 4.98 Å². The van der Waals surface area contributed by atoms with Crippen LogP contribution in [0.1, 0.15) is 16.4 Å². The molecule has 0 aliphatic carbocycles. The molecule has 4 rings (SSSR count). The zero-order valence-corrected chi connectivity index (χ0v) is 16.5. The van der Waals surface area contributed by atoms with Crippen LogP contribution in [-0.2, 0) is 20.8 Å². The first-order valence-corrected chi connectivity index (χ1v) is 10.0. The number of fused-ring (bicyclic) bond motifs is 1. The normalized spacial score (nSPS) is 27.3. The summed E-state index contributed by atoms with van der Waals surface area (Å²) in [4.78, 5) is 20.2. The van der Waals surface area contributed by atoms with E-state index in [1.165, 1.54) is 24.8 Å². The third-order valence-electron chi connectivity index (χ3n) is 5.06. The molecule has 0 spiro atoms. The van der Waals surface area contributed by atoms with Gasteiger partial charge in [0.25, 0.3) is 5.56 Å². The van der Waals surface area contributed by atoms with E-state index in [2.05, 4.69) is 9.97 Å². The monoisotopic (exact) mass is 418 g/mol. The lowest BCUT2D eigenvalue weighted by Gasteiger charge is -2.43. The molecule has 2 aromatic heterocycles. The van der Waals surface area contributed by atoms with E-state index in [0.717, 1.165) is 10.4 Å². The molecule has 0 saturated carbocycles. The zero-order chi connectivity index (χ0) is 20.4. The van der Waals surface area contributed by atoms with Crippen molar-refractivity contribution in [1.29, 1.82) is 0 Å². The number of H-pyrrole nitrogens is 1. The highest BCUT2D eigenvalue weighted by Crippen LogP contribution is 2.40. The summed E-state index contributed by atoms with van der Waals surface area (Å²) in [7, 11) is 1.49. The Bertz CT molecular complexity index is 1010. The van der Waals surface area contributed by atoms with Gasteiger partial charge >= 0.3 is 0 Å². The van der Waals surface area contributed by atoms with Crippen LogP contribution in [-0.4, -0.2) is 58.5 Å². The fraction of sp³-hybridized carbons (Fsp3) is 0.400. The van der Waals surface area contributed by atoms with Crippen LogP contribution in [0.4, 0.5) is 0 Å². The van der Waals surface area contributed by atoms with E-state index >= 15 is 0 Å². The number of ether oxygens (including phenoxy) is 3. The maximum atomic E-state index is 12.1. The second kappa shape index (κ2) is 8.70. The molecule has 0 unspecified atom stereocenters. The largest absolute Gasteiger partial charge is 0.394 e. The van der Waals surface area contributed by atoms with Gasteiger partial charge in [0.1, 0.15) is 17.0 Å². The van der Waals surface area contributed by atoms with E-state index in [-0.39, 0.29) is 12.2 Å². The molecule has 8 nitrogen and oxygen atoms in total. The SMILES string of the molecule is CO[C@H]1O[C@H](CO)[C@@H](O)[C@@H](c2cc3c(=O)[nH]cnc3s2)[C@@H]1OCc1ccccc1. The first-order valence-electron chi connectivity index (χ1n) is 9.22. The molecule has 0 radical (unpaired) electrons. The lowest BCUT2D eigenvalue weighted by molar-refractivity contribution is -0.281. The van der Waals surface area contributed by atoms with E-state index in [1.807, 2.05) is 30.3 Å². The van der Waals surface area contributed by atoms with Gasteiger partial charge in [-0.1, -0.05) is 30.3 Å². The summed E-state index contributed by atoms with van der Waals surface area (Å²) in [5.74, 6) is -0.562. The number of nitrogens with one attached hydrogen (secondary N) is 1. The molecule has 1 fully saturated rings. The molecule has 154 valence electrons. The van der Waals surface area contributed by atoms with Gasteiger partial charge in [0.15, 0.2) is 6.29 Å². The summed E-state index contributed by atoms with van der Waals surface area (Å²) in [5, 5.41) is 21.1. The van der Waals surface area contributed by atoms with Crippen LogP contribution in [0.15, 0.2) is 47.5 Å². The molecule has 3 heterocycles. The van der Waals surface area contributed by atoms with Crippen LogP contribution in [0.5, 0.6) is 0 Å². The van der Waals surface area contributed by atoms with Gasteiger partial charge < -0.3 is 29.4 Å². The van der Waals surface area contributed by atoms with Crippen LogP contribution in [0.25, 0.3) is 10.2 Å². The minimum Gasteiger partial charge on any atom is -0.394 e. The van der Waals surface area contributed by atoms with E-state index < -0.39 is 30.5 Å². The van der Waals surface area contributed by atoms with Crippen LogP contribution in [0, 0.1) is 0 Å². The van der Waals surface area contributed by atoms with Crippen molar-refractivity contribution < 1.29 is 24.4 Å². The van der Waals surface area contributed by atoms with Gasteiger partial charge in [-0.05, 0) is 11.6 Å². The lowest BCUT2D eigenvalue weighted by Crippen LogP contribution is -2.55. The Kier molecular flexibility index (Phi) is 6.04. The number of aromatic nitrogens is 2. The van der Waals surface area contributed by atoms with Crippen molar-refractivity contribution >= 4 is 21.6 Å². The van der Waals surface area contributed by atoms with Crippen LogP contribution >= 0.6 is 11.3 Å². The molecule has 0 bridgehead atoms. The van der Waals surface area contributed by atoms with Gasteiger partial charge in [-0.2, -0.15) is 0 Å². The predicted molar refractivity (Wildman–Crippen MR) is 107 cm³/mol. The van der Waals surface area contributed by atoms with Crippen molar-refractivity contribution in [3.63, 3.8) is 0 Å². The first kappa shape index (κ1) is 20.1. The number of hydrogen-bond donors (Lipinski definition) is 3. The topological polar surface area (TPSA) is 114 Å². The van der Waals surface area contributed by atoms with E-state index in [1.54, 1.807) is 6.07 Å². The summed E-state index contributed by atoms with van der Waals surface area (Å²) in [5.41, 5.74) is 0.720. The van der Waals surface area contributed by atoms with E-state index in [9.17, 15) is 15.0 Å². The van der Waals surface area contributed by atoms with Gasteiger partial charge in [-0.3, -0.25) is 4.79 Å². The number of aliphatic hydroxyl groups excluding tert-OH is 2. The Labute approximate surface area is 170 Å². The van der Waals surface area contributed by atoms with Gasteiger partial charge in [0.05, 0.1) is 36.9 Å². The van der Waals surface area contributed by atoms with E-state index in [0.29, 0.717) is 16.8 Å². The fourth-order valence-electron chi connectivity index (χ4n) is 3.60. The summed E-state index contributed by atoms with van der Waals surface area (Å²) >= 11 is 1.31. The summed E-state index contributed by atoms with van der Waals surface area (Å²) in [6, 6.07) is 11.4. The zero-order valence-electron chi connectivity index (χ0n) is 15.7. The van der Waals surface area contributed by atoms with Crippen molar-refractivity contribution in [3.8, 4) is 0 Å². The highest BCUT2D eigenvalue weighted by molar-refractivity contribution is 7.18. The number of thiophene rings is 1. The molecule has 1 aliphatic rings. The van der Waals surface area contributed by atoms with Crippen molar-refractivity contribution in [2.45, 2.75) is 37.1 Å². The molecule has 3 N–H and O–H groups in total. The van der Waals surface area contributed by atoms with Crippen molar-refractivity contribution in [3.05, 3.63) is 63.5 Å². The average molecular weight is 418 g/mol. The first-order chi connectivity index (χ1) is 14.1. The van der Waals surface area contributed by atoms with Gasteiger partial charge in [0, 0.05) is 12.0 Å². The molecule has 9 heteroatoms. The van der Waals surface area contributed by atoms with Gasteiger partial charge in [-0.15, -0.1) is 11.3 Å². The number of rotatable bonds is 6. The molecule has 1 aromatic carbocycles. The molecule has 29 heavy (non-hydrogen) atoms. The van der Waals surface area contributed by atoms with Crippen LogP contribution in [0.3, 0.4) is 0 Å². The Morgan fingerprint density at radius 1 is 1.31 bits per heavy atom. The third kappa shape index (κ3) is 3.97. The average Bonchev–Trinajstić information content (AvgIpc) is 3.18. The molecule has 5 atom stereocenters. The summed E-state index contributed by atoms with van der Waals surface area (Å²) in [6.45, 7) is -0.0713. The Morgan fingerprint density at radius 3 is 2.79 bits per heavy atom. The second-order valence-electron chi connectivity index (χ2n) is 6.84. The maximum Gasteiger partial charge on any atom is 0.259 e. The number of hydrogen-bond acceptors (Lipinski definition) is 8. The molecule has 0 amide bonds. The van der Waals surface area contributed by atoms with Gasteiger partial charge in [0.2, 0.25) is 0 Å². The Hall–Kier alpha value is -2.14. The maximum absolute atomic E-state index is 12.1. The fourth-order valence-corrected chi connectivity index (χ4v) is 4.77. The molecular formula is C20H22N2O6S. The quantitative estimate of drug-likeness (QED) is 0.554. The van der Waals surface area contributed by atoms with Crippen molar-refractivity contribution in [2.75, 3.05) is 13.7 Å². The molecule has 1 aliphatic heterocycles. The second-order valence-corrected chi connectivity index (χ2v) is 7.90. The number of aromatic amines is 1. The predicted octanol–water partition coefficient (Wildman–Crippen LogP) is 1.38. The van der Waals surface area contributed by atoms with E-state index in [4.69, 9.17) is 14.2 Å². The third-order valence-corrected chi connectivity index (χ3v) is 6.20. The number of methoxy groups -OCH3 is 1. The Balaban J connectivity index is 1.71. The minimum atomic E-state index is -1.04. The summed E-state index contributed by atoms with van der Waals surface area (Å²) in [6.07, 6.45) is -1.97. The number of benzene rings is 1. The van der Waals surface area contributed by atoms with Crippen molar-refractivity contribution in [2.24, 2.45) is 0 Å². The van der Waals surface area contributed by atoms with Crippen LogP contribution < -0.4 is 5.56 Å². The van der Waals surface area contributed by atoms with Crippen molar-refractivity contribution in [1.82, 2.24) is 9.97 Å². The number of nitrogens with zero attached hydrogens (tertiary/aromatic N) is 1. The highest BCUT2D eigenvalue weighted by atomic mass is 32.1. The number of aliphatic hydroxyl groups is 2. The Morgan fingerprint density at radius 2 is 2.10 bits per heavy atom. The highest BCUT2D eigenvalue weighted by Gasteiger charge is 2.47. The van der Waals surface area contributed by atoms with Crippen LogP contribution in [0.2, 0.25) is 0 Å². The molecule has 1 saturated heterocycles. The lowest BCUT2D eigenvalue weighted by atomic mass is 9.87. The smallest absolute Gasteiger partial charge is 0.259 e. The molecule has 3 aromatic rings. The minimum absolute atomic E-state index is 0.247.